The van der Waals surface area contributed by atoms with Gasteiger partial charge in [0.1, 0.15) is 4.64 Å². The molecule has 1 aromatic rings. The van der Waals surface area contributed by atoms with Crippen LogP contribution in [0.2, 0.25) is 0 Å². The molecule has 0 spiro atoms. The SMILES string of the molecule is C#CCNC(=O)c1cc[nH]c(=S)c1. The highest BCUT2D eigenvalue weighted by molar-refractivity contribution is 7.71. The average molecular weight is 192 g/mol. The molecule has 3 nitrogen and oxygen atoms in total. The molecule has 0 aliphatic rings. The van der Waals surface area contributed by atoms with Crippen LogP contribution in [0.1, 0.15) is 10.4 Å². The minimum atomic E-state index is -0.210. The summed E-state index contributed by atoms with van der Waals surface area (Å²) < 4.78 is 0.522. The minimum absolute atomic E-state index is 0.210. The largest absolute Gasteiger partial charge is 0.353 e. The quantitative estimate of drug-likeness (QED) is 0.544. The number of amides is 1. The number of carbonyl (C=O) groups is 1. The average Bonchev–Trinajstić information content (AvgIpc) is 2.14. The van der Waals surface area contributed by atoms with Crippen LogP contribution in [0, 0.1) is 17.0 Å². The van der Waals surface area contributed by atoms with Gasteiger partial charge in [0.15, 0.2) is 0 Å². The summed E-state index contributed by atoms with van der Waals surface area (Å²) in [6, 6.07) is 3.23. The molecule has 0 saturated carbocycles. The highest BCUT2D eigenvalue weighted by atomic mass is 32.1. The summed E-state index contributed by atoms with van der Waals surface area (Å²) in [7, 11) is 0. The van der Waals surface area contributed by atoms with E-state index in [4.69, 9.17) is 18.6 Å². The fourth-order valence-electron chi connectivity index (χ4n) is 0.819. The van der Waals surface area contributed by atoms with Crippen molar-refractivity contribution < 1.29 is 4.79 Å². The number of hydrogen-bond donors (Lipinski definition) is 2. The van der Waals surface area contributed by atoms with Gasteiger partial charge in [-0.1, -0.05) is 18.1 Å². The summed E-state index contributed by atoms with van der Waals surface area (Å²) in [5, 5.41) is 2.54. The van der Waals surface area contributed by atoms with E-state index in [1.165, 1.54) is 0 Å². The predicted octanol–water partition coefficient (Wildman–Crippen LogP) is 1.11. The maximum absolute atomic E-state index is 11.3. The van der Waals surface area contributed by atoms with Crippen molar-refractivity contribution in [3.05, 3.63) is 28.5 Å². The smallest absolute Gasteiger partial charge is 0.252 e. The van der Waals surface area contributed by atoms with Gasteiger partial charge in [-0.3, -0.25) is 4.79 Å². The van der Waals surface area contributed by atoms with Crippen LogP contribution in [0.3, 0.4) is 0 Å². The Kier molecular flexibility index (Phi) is 3.23. The molecule has 13 heavy (non-hydrogen) atoms. The first-order chi connectivity index (χ1) is 6.24. The molecule has 0 aromatic carbocycles. The third kappa shape index (κ3) is 2.73. The van der Waals surface area contributed by atoms with Crippen LogP contribution in [0.25, 0.3) is 0 Å². The van der Waals surface area contributed by atoms with Gasteiger partial charge in [-0.25, -0.2) is 0 Å². The Morgan fingerprint density at radius 3 is 3.15 bits per heavy atom. The number of H-pyrrole nitrogens is 1. The van der Waals surface area contributed by atoms with Crippen molar-refractivity contribution in [1.29, 1.82) is 0 Å². The van der Waals surface area contributed by atoms with Gasteiger partial charge in [0.25, 0.3) is 5.91 Å². The van der Waals surface area contributed by atoms with Gasteiger partial charge in [-0.15, -0.1) is 6.42 Å². The lowest BCUT2D eigenvalue weighted by atomic mass is 10.2. The molecule has 1 heterocycles. The number of aromatic amines is 1. The molecule has 0 fully saturated rings. The topological polar surface area (TPSA) is 44.9 Å². The van der Waals surface area contributed by atoms with Crippen LogP contribution >= 0.6 is 12.2 Å². The predicted molar refractivity (Wildman–Crippen MR) is 52.8 cm³/mol. The molecule has 0 atom stereocenters. The second kappa shape index (κ2) is 4.43. The minimum Gasteiger partial charge on any atom is -0.353 e. The molecule has 0 aliphatic heterocycles. The van der Waals surface area contributed by atoms with E-state index in [-0.39, 0.29) is 12.5 Å². The van der Waals surface area contributed by atoms with E-state index in [1.807, 2.05) is 0 Å². The first kappa shape index (κ1) is 9.49. The summed E-state index contributed by atoms with van der Waals surface area (Å²) in [4.78, 5) is 14.1. The fourth-order valence-corrected chi connectivity index (χ4v) is 1.01. The standard InChI is InChI=1S/C9H8N2OS/c1-2-4-11-9(12)7-3-5-10-8(13)6-7/h1,3,5-6H,4H2,(H,10,13)(H,11,12). The molecule has 1 amide bonds. The van der Waals surface area contributed by atoms with Gasteiger partial charge in [0, 0.05) is 11.8 Å². The number of carbonyl (C=O) groups excluding carboxylic acids is 1. The number of terminal acetylenes is 1. The van der Waals surface area contributed by atoms with Crippen molar-refractivity contribution in [3.8, 4) is 12.3 Å². The monoisotopic (exact) mass is 192 g/mol. The number of hydrogen-bond acceptors (Lipinski definition) is 2. The van der Waals surface area contributed by atoms with E-state index in [2.05, 4.69) is 16.2 Å². The summed E-state index contributed by atoms with van der Waals surface area (Å²) >= 11 is 4.86. The van der Waals surface area contributed by atoms with Crippen molar-refractivity contribution in [2.75, 3.05) is 6.54 Å². The highest BCUT2D eigenvalue weighted by Gasteiger charge is 2.02. The number of aromatic nitrogens is 1. The Morgan fingerprint density at radius 2 is 2.54 bits per heavy atom. The Morgan fingerprint density at radius 1 is 1.77 bits per heavy atom. The van der Waals surface area contributed by atoms with E-state index in [0.29, 0.717) is 10.2 Å². The van der Waals surface area contributed by atoms with Crippen LogP contribution < -0.4 is 5.32 Å². The van der Waals surface area contributed by atoms with Crippen LogP contribution in [0.15, 0.2) is 18.3 Å². The number of rotatable bonds is 2. The van der Waals surface area contributed by atoms with Crippen LogP contribution in [0.4, 0.5) is 0 Å². The zero-order valence-corrected chi connectivity index (χ0v) is 7.65. The maximum atomic E-state index is 11.3. The summed E-state index contributed by atoms with van der Waals surface area (Å²) in [6.07, 6.45) is 6.61. The molecule has 0 unspecified atom stereocenters. The highest BCUT2D eigenvalue weighted by Crippen LogP contribution is 1.97. The van der Waals surface area contributed by atoms with Gasteiger partial charge < -0.3 is 10.3 Å². The van der Waals surface area contributed by atoms with Gasteiger partial charge >= 0.3 is 0 Å². The first-order valence-corrected chi connectivity index (χ1v) is 4.05. The molecular weight excluding hydrogens is 184 g/mol. The molecule has 2 N–H and O–H groups in total. The Hall–Kier alpha value is -1.60. The summed E-state index contributed by atoms with van der Waals surface area (Å²) in [6.45, 7) is 0.226. The molecule has 4 heteroatoms. The zero-order chi connectivity index (χ0) is 9.68. The van der Waals surface area contributed by atoms with E-state index >= 15 is 0 Å². The Balaban J connectivity index is 2.78. The van der Waals surface area contributed by atoms with Gasteiger partial charge in [0.05, 0.1) is 6.54 Å². The lowest BCUT2D eigenvalue weighted by Gasteiger charge is -1.99. The summed E-state index contributed by atoms with van der Waals surface area (Å²) in [5.74, 6) is 2.11. The van der Waals surface area contributed by atoms with Crippen molar-refractivity contribution >= 4 is 18.1 Å². The second-order valence-corrected chi connectivity index (χ2v) is 2.77. The van der Waals surface area contributed by atoms with Crippen LogP contribution in [-0.2, 0) is 0 Å². The van der Waals surface area contributed by atoms with Gasteiger partial charge in [0.2, 0.25) is 0 Å². The molecule has 0 radical (unpaired) electrons. The molecule has 0 saturated heterocycles. The molecular formula is C9H8N2OS. The van der Waals surface area contributed by atoms with Crippen LogP contribution in [-0.4, -0.2) is 17.4 Å². The van der Waals surface area contributed by atoms with E-state index in [1.54, 1.807) is 18.3 Å². The molecule has 66 valence electrons. The lowest BCUT2D eigenvalue weighted by molar-refractivity contribution is 0.0958. The normalized spacial score (nSPS) is 8.85. The first-order valence-electron chi connectivity index (χ1n) is 3.64. The van der Waals surface area contributed by atoms with Crippen molar-refractivity contribution in [1.82, 2.24) is 10.3 Å². The molecule has 1 rings (SSSR count). The second-order valence-electron chi connectivity index (χ2n) is 2.33. The third-order valence-electron chi connectivity index (χ3n) is 1.39. The maximum Gasteiger partial charge on any atom is 0.252 e. The van der Waals surface area contributed by atoms with E-state index in [0.717, 1.165) is 0 Å². The van der Waals surface area contributed by atoms with Crippen molar-refractivity contribution in [2.45, 2.75) is 0 Å². The number of pyridine rings is 1. The Labute approximate surface area is 81.2 Å². The van der Waals surface area contributed by atoms with Gasteiger partial charge in [-0.2, -0.15) is 0 Å². The Bertz CT molecular complexity index is 403. The molecule has 0 bridgehead atoms. The zero-order valence-electron chi connectivity index (χ0n) is 6.83. The van der Waals surface area contributed by atoms with Crippen molar-refractivity contribution in [3.63, 3.8) is 0 Å². The molecule has 1 aromatic heterocycles. The van der Waals surface area contributed by atoms with Crippen molar-refractivity contribution in [2.24, 2.45) is 0 Å². The van der Waals surface area contributed by atoms with E-state index in [9.17, 15) is 4.79 Å². The fraction of sp³-hybridized carbons (Fsp3) is 0.111. The molecule has 0 aliphatic carbocycles. The summed E-state index contributed by atoms with van der Waals surface area (Å²) in [5.41, 5.74) is 0.513. The third-order valence-corrected chi connectivity index (χ3v) is 1.62. The lowest BCUT2D eigenvalue weighted by Crippen LogP contribution is -2.23. The number of nitrogens with one attached hydrogen (secondary N) is 2. The van der Waals surface area contributed by atoms with E-state index < -0.39 is 0 Å². The van der Waals surface area contributed by atoms with Gasteiger partial charge in [-0.05, 0) is 12.1 Å². The van der Waals surface area contributed by atoms with Crippen LogP contribution in [0.5, 0.6) is 0 Å².